The van der Waals surface area contributed by atoms with Gasteiger partial charge in [0, 0.05) is 25.1 Å². The van der Waals surface area contributed by atoms with E-state index in [1.807, 2.05) is 24.3 Å². The quantitative estimate of drug-likeness (QED) is 0.667. The van der Waals surface area contributed by atoms with Crippen LogP contribution in [0.5, 0.6) is 11.5 Å². The molecule has 1 aliphatic heterocycles. The predicted molar refractivity (Wildman–Crippen MR) is 104 cm³/mol. The number of benzene rings is 1. The maximum absolute atomic E-state index is 6.04. The molecular formula is C20H25N5O2. The molecule has 1 aromatic carbocycles. The third-order valence-electron chi connectivity index (χ3n) is 5.05. The van der Waals surface area contributed by atoms with Crippen molar-refractivity contribution in [1.29, 1.82) is 0 Å². The van der Waals surface area contributed by atoms with E-state index in [9.17, 15) is 0 Å². The van der Waals surface area contributed by atoms with Crippen LogP contribution in [0, 0.1) is 5.92 Å². The van der Waals surface area contributed by atoms with Crippen LogP contribution in [0.2, 0.25) is 0 Å². The molecule has 1 saturated heterocycles. The zero-order valence-corrected chi connectivity index (χ0v) is 15.8. The number of piperidine rings is 1. The van der Waals surface area contributed by atoms with Gasteiger partial charge >= 0.3 is 0 Å². The Morgan fingerprint density at radius 2 is 2.11 bits per heavy atom. The first-order valence-electron chi connectivity index (χ1n) is 9.48. The van der Waals surface area contributed by atoms with Gasteiger partial charge in [0.15, 0.2) is 0 Å². The molecule has 1 atom stereocenters. The molecule has 0 aliphatic carbocycles. The molecule has 27 heavy (non-hydrogen) atoms. The van der Waals surface area contributed by atoms with Crippen molar-refractivity contribution in [3.63, 3.8) is 0 Å². The van der Waals surface area contributed by atoms with Gasteiger partial charge in [-0.05, 0) is 37.5 Å². The first kappa shape index (κ1) is 17.6. The highest BCUT2D eigenvalue weighted by molar-refractivity contribution is 5.68. The Kier molecular flexibility index (Phi) is 5.09. The van der Waals surface area contributed by atoms with Gasteiger partial charge in [0.05, 0.1) is 25.1 Å². The van der Waals surface area contributed by atoms with Gasteiger partial charge in [-0.3, -0.25) is 0 Å². The van der Waals surface area contributed by atoms with Crippen molar-refractivity contribution >= 4 is 11.3 Å². The fraction of sp³-hybridized carbons (Fsp3) is 0.450. The minimum absolute atomic E-state index is 0.464. The molecule has 2 aromatic heterocycles. The van der Waals surface area contributed by atoms with Gasteiger partial charge in [-0.15, -0.1) is 10.2 Å². The van der Waals surface area contributed by atoms with Crippen molar-refractivity contribution in [2.24, 2.45) is 5.92 Å². The molecule has 0 radical (unpaired) electrons. The number of nitrogens with zero attached hydrogens (tertiary/aromatic N) is 5. The summed E-state index contributed by atoms with van der Waals surface area (Å²) in [6.07, 6.45) is 4.86. The van der Waals surface area contributed by atoms with E-state index in [2.05, 4.69) is 33.2 Å². The molecule has 3 heterocycles. The molecule has 0 bridgehead atoms. The first-order valence-corrected chi connectivity index (χ1v) is 9.48. The van der Waals surface area contributed by atoms with Gasteiger partial charge in [-0.25, -0.2) is 0 Å². The van der Waals surface area contributed by atoms with E-state index in [0.29, 0.717) is 12.5 Å². The van der Waals surface area contributed by atoms with Gasteiger partial charge in [-0.1, -0.05) is 13.0 Å². The van der Waals surface area contributed by atoms with E-state index in [0.717, 1.165) is 60.9 Å². The molecule has 1 fully saturated rings. The van der Waals surface area contributed by atoms with Crippen molar-refractivity contribution in [3.8, 4) is 11.5 Å². The summed E-state index contributed by atoms with van der Waals surface area (Å²) in [5, 5.41) is 12.9. The summed E-state index contributed by atoms with van der Waals surface area (Å²) in [7, 11) is 1.67. The lowest BCUT2D eigenvalue weighted by atomic mass is 9.98. The van der Waals surface area contributed by atoms with Gasteiger partial charge in [0.25, 0.3) is 0 Å². The van der Waals surface area contributed by atoms with Crippen LogP contribution in [0.1, 0.15) is 25.5 Å². The largest absolute Gasteiger partial charge is 0.497 e. The normalized spacial score (nSPS) is 17.3. The van der Waals surface area contributed by atoms with Crippen LogP contribution in [0.25, 0.3) is 5.65 Å². The van der Waals surface area contributed by atoms with E-state index in [1.54, 1.807) is 18.0 Å². The van der Waals surface area contributed by atoms with Crippen molar-refractivity contribution < 1.29 is 9.47 Å². The van der Waals surface area contributed by atoms with Crippen LogP contribution in [-0.4, -0.2) is 46.6 Å². The average Bonchev–Trinajstić information content (AvgIpc) is 3.20. The smallest absolute Gasteiger partial charge is 0.200 e. The van der Waals surface area contributed by atoms with Crippen molar-refractivity contribution in [1.82, 2.24) is 19.8 Å². The molecule has 1 aliphatic rings. The van der Waals surface area contributed by atoms with Crippen LogP contribution < -0.4 is 14.4 Å². The van der Waals surface area contributed by atoms with E-state index < -0.39 is 0 Å². The summed E-state index contributed by atoms with van der Waals surface area (Å²) in [4.78, 5) is 2.40. The van der Waals surface area contributed by atoms with E-state index in [4.69, 9.17) is 9.47 Å². The Balaban J connectivity index is 1.47. The Morgan fingerprint density at radius 3 is 2.96 bits per heavy atom. The number of hydrogen-bond donors (Lipinski definition) is 0. The summed E-state index contributed by atoms with van der Waals surface area (Å²) in [6, 6.07) is 9.92. The zero-order chi connectivity index (χ0) is 18.6. The molecule has 7 heteroatoms. The topological polar surface area (TPSA) is 64.8 Å². The second-order valence-electron chi connectivity index (χ2n) is 6.92. The number of rotatable bonds is 6. The lowest BCUT2D eigenvalue weighted by Gasteiger charge is -2.34. The molecule has 3 aromatic rings. The highest BCUT2D eigenvalue weighted by atomic mass is 16.5. The SMILES string of the molecule is CCc1cc(N2CCCC(COc3cccc(OC)c3)C2)c2nncn2n1. The molecule has 0 N–H and O–H groups in total. The van der Waals surface area contributed by atoms with E-state index in [1.165, 1.54) is 0 Å². The second-order valence-corrected chi connectivity index (χ2v) is 6.92. The first-order chi connectivity index (χ1) is 13.3. The third kappa shape index (κ3) is 3.82. The fourth-order valence-electron chi connectivity index (χ4n) is 3.59. The minimum atomic E-state index is 0.464. The number of anilines is 1. The minimum Gasteiger partial charge on any atom is -0.497 e. The average molecular weight is 367 g/mol. The number of methoxy groups -OCH3 is 1. The Labute approximate surface area is 158 Å². The molecule has 7 nitrogen and oxygen atoms in total. The third-order valence-corrected chi connectivity index (χ3v) is 5.05. The predicted octanol–water partition coefficient (Wildman–Crippen LogP) is 2.99. The maximum Gasteiger partial charge on any atom is 0.200 e. The van der Waals surface area contributed by atoms with Crippen LogP contribution >= 0.6 is 0 Å². The fourth-order valence-corrected chi connectivity index (χ4v) is 3.59. The summed E-state index contributed by atoms with van der Waals surface area (Å²) in [5.74, 6) is 2.13. The Morgan fingerprint density at radius 1 is 1.22 bits per heavy atom. The van der Waals surface area contributed by atoms with Gasteiger partial charge in [0.1, 0.15) is 17.8 Å². The lowest BCUT2D eigenvalue weighted by Crippen LogP contribution is -2.38. The van der Waals surface area contributed by atoms with Crippen LogP contribution in [-0.2, 0) is 6.42 Å². The van der Waals surface area contributed by atoms with Crippen molar-refractivity contribution in [2.75, 3.05) is 31.7 Å². The number of aryl methyl sites for hydroxylation is 1. The van der Waals surface area contributed by atoms with Crippen LogP contribution in [0.15, 0.2) is 36.7 Å². The van der Waals surface area contributed by atoms with E-state index >= 15 is 0 Å². The standard InChI is InChI=1S/C20H25N5O2/c1-3-16-10-19(20-22-21-14-25(20)23-16)24-9-5-6-15(12-24)13-27-18-8-4-7-17(11-18)26-2/h4,7-8,10-11,14-15H,3,5-6,9,12-13H2,1-2H3. The summed E-state index contributed by atoms with van der Waals surface area (Å²) in [5.41, 5.74) is 2.99. The van der Waals surface area contributed by atoms with Gasteiger partial charge in [-0.2, -0.15) is 9.61 Å². The lowest BCUT2D eigenvalue weighted by molar-refractivity contribution is 0.228. The molecule has 0 spiro atoms. The van der Waals surface area contributed by atoms with Crippen LogP contribution in [0.3, 0.4) is 0 Å². The summed E-state index contributed by atoms with van der Waals surface area (Å²) < 4.78 is 13.1. The number of hydrogen-bond acceptors (Lipinski definition) is 6. The van der Waals surface area contributed by atoms with Crippen molar-refractivity contribution in [2.45, 2.75) is 26.2 Å². The molecular weight excluding hydrogens is 342 g/mol. The van der Waals surface area contributed by atoms with Gasteiger partial charge in [0.2, 0.25) is 5.65 Å². The van der Waals surface area contributed by atoms with Crippen LogP contribution in [0.4, 0.5) is 5.69 Å². The summed E-state index contributed by atoms with van der Waals surface area (Å²) in [6.45, 7) is 4.77. The molecule has 0 saturated carbocycles. The summed E-state index contributed by atoms with van der Waals surface area (Å²) >= 11 is 0. The van der Waals surface area contributed by atoms with Crippen molar-refractivity contribution in [3.05, 3.63) is 42.4 Å². The molecule has 0 amide bonds. The molecule has 142 valence electrons. The Hall–Kier alpha value is -2.83. The number of ether oxygens (including phenoxy) is 2. The highest BCUT2D eigenvalue weighted by Crippen LogP contribution is 2.27. The molecule has 1 unspecified atom stereocenters. The van der Waals surface area contributed by atoms with Gasteiger partial charge < -0.3 is 14.4 Å². The number of aromatic nitrogens is 4. The molecule has 4 rings (SSSR count). The number of fused-ring (bicyclic) bond motifs is 1. The maximum atomic E-state index is 6.04. The highest BCUT2D eigenvalue weighted by Gasteiger charge is 2.23. The van der Waals surface area contributed by atoms with E-state index in [-0.39, 0.29) is 0 Å². The Bertz CT molecular complexity index is 910. The second kappa shape index (κ2) is 7.82. The monoisotopic (exact) mass is 367 g/mol. The zero-order valence-electron chi connectivity index (χ0n) is 15.8.